The molecule has 2 aromatic rings. The van der Waals surface area contributed by atoms with Gasteiger partial charge in [-0.05, 0) is 48.5 Å². The van der Waals surface area contributed by atoms with Crippen molar-refractivity contribution in [1.29, 1.82) is 0 Å². The largest absolute Gasteiger partial charge is 1.00 e. The van der Waals surface area contributed by atoms with E-state index in [4.69, 9.17) is 0 Å². The molecule has 0 amide bonds. The zero-order valence-electron chi connectivity index (χ0n) is 12.7. The van der Waals surface area contributed by atoms with E-state index in [-0.39, 0.29) is 68.9 Å². The van der Waals surface area contributed by atoms with Crippen LogP contribution in [0.2, 0.25) is 0 Å². The number of hydrogen-bond donors (Lipinski definition) is 0. The maximum absolute atomic E-state index is 10.8. The van der Waals surface area contributed by atoms with Gasteiger partial charge in [-0.3, -0.25) is 0 Å². The van der Waals surface area contributed by atoms with Crippen LogP contribution >= 0.6 is 21.6 Å². The monoisotopic (exact) mass is 422 g/mol. The average Bonchev–Trinajstić information content (AvgIpc) is 2.44. The number of benzene rings is 2. The van der Waals surface area contributed by atoms with Crippen molar-refractivity contribution in [3.8, 4) is 0 Å². The third-order valence-corrected chi connectivity index (χ3v) is 6.58. The fourth-order valence-electron chi connectivity index (χ4n) is 1.42. The Labute approximate surface area is 192 Å². The summed E-state index contributed by atoms with van der Waals surface area (Å²) in [6.07, 6.45) is 0. The second-order valence-electron chi connectivity index (χ2n) is 4.02. The molecule has 0 spiro atoms. The molecule has 118 valence electrons. The van der Waals surface area contributed by atoms with Crippen LogP contribution in [0.25, 0.3) is 0 Å². The van der Waals surface area contributed by atoms with E-state index in [1.165, 1.54) is 70.1 Å². The Morgan fingerprint density at radius 1 is 0.583 bits per heavy atom. The molecule has 0 aliphatic rings. The molecule has 0 unspecified atom stereocenters. The normalized spacial score (nSPS) is 11.2. The van der Waals surface area contributed by atoms with E-state index >= 15 is 0 Å². The van der Waals surface area contributed by atoms with Crippen LogP contribution in [0, 0.1) is 0 Å². The first-order valence-electron chi connectivity index (χ1n) is 5.63. The molecule has 0 N–H and O–H groups in total. The van der Waals surface area contributed by atoms with Crippen LogP contribution < -0.4 is 59.1 Å². The van der Waals surface area contributed by atoms with Crippen LogP contribution in [0.3, 0.4) is 0 Å². The standard InChI is InChI=1S/C12H10O6S4.2Na/c13-21(14,15)11-5-1-9(2-6-11)19-20-10-3-7-12(8-4-10)22(16,17)18;;/h1-8H,(H,13,14,15)(H,16,17,18);;/q;2*+1/p-2. The maximum Gasteiger partial charge on any atom is 1.00 e. The first kappa shape index (κ1) is 25.0. The van der Waals surface area contributed by atoms with Gasteiger partial charge in [-0.25, -0.2) is 16.8 Å². The summed E-state index contributed by atoms with van der Waals surface area (Å²) in [5.74, 6) is 0. The molecule has 0 saturated carbocycles. The summed E-state index contributed by atoms with van der Waals surface area (Å²) >= 11 is 0. The Morgan fingerprint density at radius 3 is 1.04 bits per heavy atom. The van der Waals surface area contributed by atoms with E-state index in [9.17, 15) is 25.9 Å². The molecule has 12 heteroatoms. The maximum atomic E-state index is 10.8. The van der Waals surface area contributed by atoms with Crippen LogP contribution in [0.15, 0.2) is 68.1 Å². The molecule has 2 aromatic carbocycles. The minimum absolute atomic E-state index is 0. The third kappa shape index (κ3) is 7.68. The van der Waals surface area contributed by atoms with Gasteiger partial charge in [0.15, 0.2) is 0 Å². The van der Waals surface area contributed by atoms with Crippen molar-refractivity contribution in [3.63, 3.8) is 0 Å². The predicted molar refractivity (Wildman–Crippen MR) is 80.5 cm³/mol. The summed E-state index contributed by atoms with van der Waals surface area (Å²) in [6, 6.07) is 10.9. The van der Waals surface area contributed by atoms with Crippen molar-refractivity contribution in [3.05, 3.63) is 48.5 Å². The summed E-state index contributed by atoms with van der Waals surface area (Å²) in [6.45, 7) is 0. The third-order valence-electron chi connectivity index (χ3n) is 2.46. The molecule has 24 heavy (non-hydrogen) atoms. The van der Waals surface area contributed by atoms with E-state index < -0.39 is 20.2 Å². The van der Waals surface area contributed by atoms with E-state index in [1.54, 1.807) is 0 Å². The van der Waals surface area contributed by atoms with E-state index in [1.807, 2.05) is 0 Å². The zero-order chi connectivity index (χ0) is 16.4. The number of hydrogen-bond acceptors (Lipinski definition) is 8. The fourth-order valence-corrected chi connectivity index (χ4v) is 4.29. The molecule has 0 saturated heterocycles. The summed E-state index contributed by atoms with van der Waals surface area (Å²) in [5.41, 5.74) is 0. The van der Waals surface area contributed by atoms with E-state index in [0.29, 0.717) is 0 Å². The van der Waals surface area contributed by atoms with Gasteiger partial charge in [-0.2, -0.15) is 0 Å². The Morgan fingerprint density at radius 2 is 0.833 bits per heavy atom. The second-order valence-corrected chi connectivity index (χ2v) is 9.05. The smallest absolute Gasteiger partial charge is 0.744 e. The molecule has 6 nitrogen and oxygen atoms in total. The molecule has 0 aliphatic carbocycles. The van der Waals surface area contributed by atoms with Gasteiger partial charge in [0, 0.05) is 9.79 Å². The van der Waals surface area contributed by atoms with Crippen LogP contribution in [0.1, 0.15) is 0 Å². The Hall–Kier alpha value is 0.960. The van der Waals surface area contributed by atoms with Gasteiger partial charge in [0.2, 0.25) is 0 Å². The molecular weight excluding hydrogens is 414 g/mol. The van der Waals surface area contributed by atoms with Crippen molar-refractivity contribution in [2.75, 3.05) is 0 Å². The minimum atomic E-state index is -4.46. The topological polar surface area (TPSA) is 114 Å². The summed E-state index contributed by atoms with van der Waals surface area (Å²) in [4.78, 5) is 0.842. The van der Waals surface area contributed by atoms with Gasteiger partial charge in [0.05, 0.1) is 9.79 Å². The second kappa shape index (κ2) is 10.3. The molecule has 0 fully saturated rings. The Kier molecular flexibility index (Phi) is 10.7. The van der Waals surface area contributed by atoms with E-state index in [2.05, 4.69) is 0 Å². The molecule has 0 aliphatic heterocycles. The van der Waals surface area contributed by atoms with Crippen molar-refractivity contribution in [2.24, 2.45) is 0 Å². The Bertz CT molecular complexity index is 789. The molecule has 0 radical (unpaired) electrons. The first-order chi connectivity index (χ1) is 10.2. The van der Waals surface area contributed by atoms with Gasteiger partial charge >= 0.3 is 59.1 Å². The summed E-state index contributed by atoms with van der Waals surface area (Å²) in [7, 11) is -6.32. The molecule has 0 bridgehead atoms. The van der Waals surface area contributed by atoms with E-state index in [0.717, 1.165) is 9.79 Å². The molecular formula is C12H8Na2O6S4. The molecule has 0 aromatic heterocycles. The van der Waals surface area contributed by atoms with Crippen LogP contribution in [-0.4, -0.2) is 25.9 Å². The van der Waals surface area contributed by atoms with Gasteiger partial charge in [0.25, 0.3) is 0 Å². The molecule has 0 heterocycles. The minimum Gasteiger partial charge on any atom is -0.744 e. The predicted octanol–water partition coefficient (Wildman–Crippen LogP) is -3.70. The van der Waals surface area contributed by atoms with Crippen molar-refractivity contribution < 1.29 is 85.1 Å². The summed E-state index contributed by atoms with van der Waals surface area (Å²) < 4.78 is 64.8. The molecule has 0 atom stereocenters. The van der Waals surface area contributed by atoms with Crippen molar-refractivity contribution in [1.82, 2.24) is 0 Å². The van der Waals surface area contributed by atoms with Crippen LogP contribution in [-0.2, 0) is 20.2 Å². The van der Waals surface area contributed by atoms with Crippen LogP contribution in [0.5, 0.6) is 0 Å². The average molecular weight is 422 g/mol. The van der Waals surface area contributed by atoms with Gasteiger partial charge in [-0.15, -0.1) is 0 Å². The Balaban J connectivity index is 0.00000264. The quantitative estimate of drug-likeness (QED) is 0.275. The van der Waals surface area contributed by atoms with Gasteiger partial charge < -0.3 is 9.11 Å². The first-order valence-corrected chi connectivity index (χ1v) is 10.6. The summed E-state index contributed by atoms with van der Waals surface area (Å²) in [5, 5.41) is 0. The van der Waals surface area contributed by atoms with Crippen molar-refractivity contribution in [2.45, 2.75) is 19.6 Å². The van der Waals surface area contributed by atoms with Crippen LogP contribution in [0.4, 0.5) is 0 Å². The molecule has 2 rings (SSSR count). The number of rotatable bonds is 5. The fraction of sp³-hybridized carbons (Fsp3) is 0. The van der Waals surface area contributed by atoms with Crippen molar-refractivity contribution >= 4 is 41.8 Å². The van der Waals surface area contributed by atoms with Gasteiger partial charge in [0.1, 0.15) is 20.2 Å². The van der Waals surface area contributed by atoms with Gasteiger partial charge in [-0.1, -0.05) is 21.6 Å². The SMILES string of the molecule is O=S(=O)([O-])c1ccc(SSc2ccc(S(=O)(=O)[O-])cc2)cc1.[Na+].[Na+]. The zero-order valence-corrected chi connectivity index (χ0v) is 20.0.